The molecule has 0 radical (unpaired) electrons. The van der Waals surface area contributed by atoms with Crippen LogP contribution in [0.25, 0.3) is 21.9 Å². The number of hydrogen-bond acceptors (Lipinski definition) is 2. The lowest BCUT2D eigenvalue weighted by molar-refractivity contribution is 0.195. The summed E-state index contributed by atoms with van der Waals surface area (Å²) in [5, 5.41) is 2.51. The Labute approximate surface area is 266 Å². The molecule has 0 spiro atoms. The first-order chi connectivity index (χ1) is 22.1. The fourth-order valence-electron chi connectivity index (χ4n) is 9.74. The Kier molecular flexibility index (Phi) is 5.06. The summed E-state index contributed by atoms with van der Waals surface area (Å²) in [6.07, 6.45) is 5.12. The quantitative estimate of drug-likeness (QED) is 0.193. The van der Waals surface area contributed by atoms with Crippen LogP contribution in [0.15, 0.2) is 127 Å². The minimum atomic E-state index is 0.0855. The van der Waals surface area contributed by atoms with Crippen LogP contribution in [0.4, 0.5) is 28.4 Å². The number of fused-ring (bicyclic) bond motifs is 9. The van der Waals surface area contributed by atoms with E-state index < -0.39 is 0 Å². The molecule has 4 aliphatic rings. The van der Waals surface area contributed by atoms with Gasteiger partial charge in [-0.25, -0.2) is 0 Å². The summed E-state index contributed by atoms with van der Waals surface area (Å²) < 4.78 is 0. The van der Waals surface area contributed by atoms with Crippen molar-refractivity contribution >= 4 is 62.3 Å². The summed E-state index contributed by atoms with van der Waals surface area (Å²) in [5.41, 5.74) is 15.5. The topological polar surface area (TPSA) is 6.48 Å². The van der Waals surface area contributed by atoms with Gasteiger partial charge in [-0.1, -0.05) is 116 Å². The molecule has 6 aromatic rings. The highest BCUT2D eigenvalue weighted by molar-refractivity contribution is 7.01. The lowest BCUT2D eigenvalue weighted by Gasteiger charge is -2.51. The zero-order valence-electron chi connectivity index (χ0n) is 25.9. The average Bonchev–Trinajstić information content (AvgIpc) is 3.52. The Morgan fingerprint density at radius 1 is 0.644 bits per heavy atom. The lowest BCUT2D eigenvalue weighted by Crippen LogP contribution is -2.60. The van der Waals surface area contributed by atoms with Gasteiger partial charge in [0.25, 0.3) is 0 Å². The first-order valence-corrected chi connectivity index (χ1v) is 16.6. The summed E-state index contributed by atoms with van der Waals surface area (Å²) >= 11 is 0. The summed E-state index contributed by atoms with van der Waals surface area (Å²) in [4.78, 5) is 5.24. The highest BCUT2D eigenvalue weighted by Gasteiger charge is 2.61. The second-order valence-electron chi connectivity index (χ2n) is 14.0. The van der Waals surface area contributed by atoms with E-state index in [2.05, 4.69) is 151 Å². The van der Waals surface area contributed by atoms with Gasteiger partial charge < -0.3 is 9.80 Å². The molecule has 0 aromatic heterocycles. The van der Waals surface area contributed by atoms with Gasteiger partial charge in [0.1, 0.15) is 0 Å². The van der Waals surface area contributed by atoms with Gasteiger partial charge in [-0.05, 0) is 89.2 Å². The number of nitrogens with zero attached hydrogens (tertiary/aromatic N) is 2. The average molecular weight is 579 g/mol. The van der Waals surface area contributed by atoms with Crippen molar-refractivity contribution in [3.8, 4) is 11.1 Å². The molecule has 1 aliphatic carbocycles. The van der Waals surface area contributed by atoms with Crippen molar-refractivity contribution in [2.45, 2.75) is 50.5 Å². The number of hydrogen-bond donors (Lipinski definition) is 0. The summed E-state index contributed by atoms with van der Waals surface area (Å²) in [6.45, 7) is 5.37. The third-order valence-corrected chi connectivity index (χ3v) is 12.0. The number of para-hydroxylation sites is 2. The SMILES string of the molecule is CC12CCCCC1(C)N1c3cccc4c3B(c3ccc(N(c5ccccc5)c5cccc6ccccc56)cc3-4)c3cccc2c31. The molecule has 0 bridgehead atoms. The van der Waals surface area contributed by atoms with Crippen molar-refractivity contribution in [3.63, 3.8) is 0 Å². The van der Waals surface area contributed by atoms with E-state index >= 15 is 0 Å². The van der Waals surface area contributed by atoms with Gasteiger partial charge in [0.05, 0.1) is 11.2 Å². The molecule has 0 amide bonds. The highest BCUT2D eigenvalue weighted by atomic mass is 15.3. The van der Waals surface area contributed by atoms with Crippen LogP contribution < -0.4 is 26.2 Å². The van der Waals surface area contributed by atoms with Gasteiger partial charge in [0.15, 0.2) is 0 Å². The lowest BCUT2D eigenvalue weighted by atomic mass is 9.37. The molecule has 216 valence electrons. The number of benzene rings is 6. The largest absolute Gasteiger partial charge is 0.335 e. The second-order valence-corrected chi connectivity index (χ2v) is 14.0. The van der Waals surface area contributed by atoms with E-state index in [1.54, 1.807) is 5.56 Å². The normalized spacial score (nSPS) is 21.7. The maximum absolute atomic E-state index is 2.80. The van der Waals surface area contributed by atoms with Gasteiger partial charge in [-0.15, -0.1) is 0 Å². The van der Waals surface area contributed by atoms with Crippen LogP contribution in [-0.4, -0.2) is 12.3 Å². The fourth-order valence-corrected chi connectivity index (χ4v) is 9.74. The standard InChI is InChI=1S/C42H35BN2/c1-41-25-8-9-26-42(41,2)45-38-22-11-18-32-33-27-30(23-24-35(33)43(39(32)38)36-20-12-19-34(41)40(36)45)44(29-15-4-3-5-16-29)37-21-10-14-28-13-6-7-17-31(28)37/h3-7,10-24,27H,8-9,25-26H2,1-2H3. The van der Waals surface area contributed by atoms with E-state index in [0.29, 0.717) is 0 Å². The molecule has 0 N–H and O–H groups in total. The smallest absolute Gasteiger partial charge is 0.248 e. The van der Waals surface area contributed by atoms with E-state index in [0.717, 1.165) is 0 Å². The van der Waals surface area contributed by atoms with Gasteiger partial charge in [0.2, 0.25) is 6.71 Å². The molecule has 3 heteroatoms. The van der Waals surface area contributed by atoms with Crippen LogP contribution in [0.5, 0.6) is 0 Å². The summed E-state index contributed by atoms with van der Waals surface area (Å²) in [5.74, 6) is 0. The predicted molar refractivity (Wildman–Crippen MR) is 192 cm³/mol. The van der Waals surface area contributed by atoms with Crippen molar-refractivity contribution in [1.82, 2.24) is 0 Å². The minimum Gasteiger partial charge on any atom is -0.335 e. The molecular weight excluding hydrogens is 543 g/mol. The third-order valence-electron chi connectivity index (χ3n) is 12.0. The molecule has 1 fully saturated rings. The van der Waals surface area contributed by atoms with Gasteiger partial charge in [0, 0.05) is 33.6 Å². The first-order valence-electron chi connectivity index (χ1n) is 16.6. The zero-order valence-corrected chi connectivity index (χ0v) is 25.9. The van der Waals surface area contributed by atoms with Crippen LogP contribution in [-0.2, 0) is 5.41 Å². The molecule has 0 saturated heterocycles. The minimum absolute atomic E-state index is 0.0855. The van der Waals surface area contributed by atoms with E-state index in [9.17, 15) is 0 Å². The van der Waals surface area contributed by atoms with E-state index in [1.807, 2.05) is 0 Å². The predicted octanol–water partition coefficient (Wildman–Crippen LogP) is 8.86. The molecule has 45 heavy (non-hydrogen) atoms. The number of rotatable bonds is 3. The van der Waals surface area contributed by atoms with Crippen LogP contribution in [0.3, 0.4) is 0 Å². The summed E-state index contributed by atoms with van der Waals surface area (Å²) in [7, 11) is 0. The third kappa shape index (κ3) is 3.16. The van der Waals surface area contributed by atoms with E-state index in [1.165, 1.54) is 92.4 Å². The molecule has 2 unspecified atom stereocenters. The molecule has 6 aromatic carbocycles. The van der Waals surface area contributed by atoms with Crippen LogP contribution in [0.1, 0.15) is 45.1 Å². The van der Waals surface area contributed by atoms with Crippen LogP contribution >= 0.6 is 0 Å². The Balaban J connectivity index is 1.21. The van der Waals surface area contributed by atoms with Crippen molar-refractivity contribution in [1.29, 1.82) is 0 Å². The maximum atomic E-state index is 2.80. The number of anilines is 5. The van der Waals surface area contributed by atoms with Crippen molar-refractivity contribution in [2.24, 2.45) is 0 Å². The van der Waals surface area contributed by atoms with E-state index in [4.69, 9.17) is 0 Å². The van der Waals surface area contributed by atoms with Gasteiger partial charge >= 0.3 is 0 Å². The molecular formula is C42H35BN2. The van der Waals surface area contributed by atoms with Gasteiger partial charge in [-0.2, -0.15) is 0 Å². The Morgan fingerprint density at radius 2 is 1.42 bits per heavy atom. The zero-order chi connectivity index (χ0) is 29.9. The molecule has 2 atom stereocenters. The van der Waals surface area contributed by atoms with Crippen LogP contribution in [0.2, 0.25) is 0 Å². The maximum Gasteiger partial charge on any atom is 0.248 e. The first kappa shape index (κ1) is 25.6. The molecule has 3 aliphatic heterocycles. The molecule has 1 saturated carbocycles. The van der Waals surface area contributed by atoms with Crippen molar-refractivity contribution in [3.05, 3.63) is 133 Å². The molecule has 3 heterocycles. The van der Waals surface area contributed by atoms with Crippen LogP contribution in [0, 0.1) is 0 Å². The van der Waals surface area contributed by atoms with Gasteiger partial charge in [-0.3, -0.25) is 0 Å². The van der Waals surface area contributed by atoms with Crippen molar-refractivity contribution < 1.29 is 0 Å². The Morgan fingerprint density at radius 3 is 2.33 bits per heavy atom. The monoisotopic (exact) mass is 578 g/mol. The molecule has 10 rings (SSSR count). The summed E-state index contributed by atoms with van der Waals surface area (Å²) in [6, 6.07) is 47.8. The Bertz CT molecular complexity index is 2180. The highest BCUT2D eigenvalue weighted by Crippen LogP contribution is 2.61. The fraction of sp³-hybridized carbons (Fsp3) is 0.190. The van der Waals surface area contributed by atoms with E-state index in [-0.39, 0.29) is 17.7 Å². The van der Waals surface area contributed by atoms with Crippen molar-refractivity contribution in [2.75, 3.05) is 9.80 Å². The second kappa shape index (κ2) is 8.91. The Hall–Kier alpha value is -4.76. The molecule has 2 nitrogen and oxygen atoms in total.